The molecule has 0 saturated heterocycles. The summed E-state index contributed by atoms with van der Waals surface area (Å²) < 4.78 is 92.4. The van der Waals surface area contributed by atoms with E-state index in [2.05, 4.69) is 4.72 Å². The van der Waals surface area contributed by atoms with Crippen molar-refractivity contribution in [2.45, 2.75) is 43.5 Å². The van der Waals surface area contributed by atoms with Crippen LogP contribution in [0.15, 0.2) is 0 Å². The topological polar surface area (TPSA) is 72.2 Å². The van der Waals surface area contributed by atoms with Crippen molar-refractivity contribution in [2.75, 3.05) is 0 Å². The summed E-state index contributed by atoms with van der Waals surface area (Å²) in [5.41, 5.74) is 4.37. The van der Waals surface area contributed by atoms with Gasteiger partial charge in [-0.3, -0.25) is 0 Å². The lowest BCUT2D eigenvalue weighted by Crippen LogP contribution is -2.49. The van der Waals surface area contributed by atoms with Gasteiger partial charge in [0.1, 0.15) is 0 Å². The van der Waals surface area contributed by atoms with Gasteiger partial charge in [-0.1, -0.05) is 12.8 Å². The number of hydrogen-bond donors (Lipinski definition) is 2. The molecule has 2 rings (SSSR count). The van der Waals surface area contributed by atoms with Crippen LogP contribution < -0.4 is 10.5 Å². The Hall–Kier alpha value is -1.26. The van der Waals surface area contributed by atoms with Crippen LogP contribution >= 0.6 is 0 Å². The number of nitrogens with two attached hydrogens (primary N) is 1. The van der Waals surface area contributed by atoms with Gasteiger partial charge in [0.15, 0.2) is 23.3 Å². The predicted molar refractivity (Wildman–Crippen MR) is 72.2 cm³/mol. The first-order valence-corrected chi connectivity index (χ1v) is 8.55. The third kappa shape index (κ3) is 3.81. The fourth-order valence-electron chi connectivity index (χ4n) is 2.55. The fourth-order valence-corrected chi connectivity index (χ4v) is 4.02. The lowest BCUT2D eigenvalue weighted by Gasteiger charge is -2.29. The van der Waals surface area contributed by atoms with Gasteiger partial charge in [-0.25, -0.2) is 35.1 Å². The number of sulfonamides is 1. The number of halogens is 5. The second-order valence-corrected chi connectivity index (χ2v) is 7.23. The van der Waals surface area contributed by atoms with Crippen LogP contribution in [-0.2, 0) is 15.8 Å². The SMILES string of the molecule is NC1CCCCC1NS(=O)(=O)Cc1c(F)c(F)c(F)c(F)c1F. The van der Waals surface area contributed by atoms with Crippen molar-refractivity contribution in [3.63, 3.8) is 0 Å². The summed E-state index contributed by atoms with van der Waals surface area (Å²) in [5, 5.41) is 0. The smallest absolute Gasteiger partial charge is 0.216 e. The molecule has 3 N–H and O–H groups in total. The molecule has 0 bridgehead atoms. The highest BCUT2D eigenvalue weighted by atomic mass is 32.2. The molecule has 1 aromatic rings. The van der Waals surface area contributed by atoms with E-state index in [0.717, 1.165) is 12.8 Å². The first-order valence-electron chi connectivity index (χ1n) is 6.90. The molecule has 0 spiro atoms. The lowest BCUT2D eigenvalue weighted by molar-refractivity contribution is 0.359. The molecular formula is C13H15F5N2O2S. The summed E-state index contributed by atoms with van der Waals surface area (Å²) in [4.78, 5) is 0. The maximum atomic E-state index is 13.6. The highest BCUT2D eigenvalue weighted by Crippen LogP contribution is 2.25. The van der Waals surface area contributed by atoms with Gasteiger partial charge in [-0.05, 0) is 12.8 Å². The highest BCUT2D eigenvalue weighted by molar-refractivity contribution is 7.88. The summed E-state index contributed by atoms with van der Waals surface area (Å²) in [6.07, 6.45) is 2.58. The lowest BCUT2D eigenvalue weighted by atomic mass is 9.92. The van der Waals surface area contributed by atoms with Crippen molar-refractivity contribution in [1.29, 1.82) is 0 Å². The summed E-state index contributed by atoms with van der Waals surface area (Å²) in [6, 6.07) is -1.09. The molecule has 1 saturated carbocycles. The van der Waals surface area contributed by atoms with Crippen molar-refractivity contribution in [3.05, 3.63) is 34.6 Å². The van der Waals surface area contributed by atoms with Gasteiger partial charge in [-0.2, -0.15) is 0 Å². The van der Waals surface area contributed by atoms with E-state index in [1.165, 1.54) is 0 Å². The molecule has 1 aromatic carbocycles. The second-order valence-electron chi connectivity index (χ2n) is 5.48. The molecular weight excluding hydrogens is 343 g/mol. The third-order valence-corrected chi connectivity index (χ3v) is 5.12. The number of nitrogens with one attached hydrogen (secondary N) is 1. The Morgan fingerprint density at radius 2 is 1.39 bits per heavy atom. The molecule has 130 valence electrons. The van der Waals surface area contributed by atoms with Gasteiger partial charge in [-0.15, -0.1) is 0 Å². The molecule has 0 aromatic heterocycles. The van der Waals surface area contributed by atoms with Gasteiger partial charge < -0.3 is 5.73 Å². The predicted octanol–water partition coefficient (Wildman–Crippen LogP) is 2.07. The Morgan fingerprint density at radius 3 is 1.91 bits per heavy atom. The minimum atomic E-state index is -4.32. The van der Waals surface area contributed by atoms with Gasteiger partial charge >= 0.3 is 0 Å². The van der Waals surface area contributed by atoms with Crippen LogP contribution in [0.1, 0.15) is 31.2 Å². The molecule has 2 unspecified atom stereocenters. The molecule has 0 aliphatic heterocycles. The Labute approximate surface area is 129 Å². The van der Waals surface area contributed by atoms with E-state index >= 15 is 0 Å². The number of rotatable bonds is 4. The van der Waals surface area contributed by atoms with Gasteiger partial charge in [0.05, 0.1) is 5.75 Å². The molecule has 0 radical (unpaired) electrons. The summed E-state index contributed by atoms with van der Waals surface area (Å²) in [5.74, 6) is -12.4. The quantitative estimate of drug-likeness (QED) is 0.492. The van der Waals surface area contributed by atoms with Crippen molar-refractivity contribution >= 4 is 10.0 Å². The van der Waals surface area contributed by atoms with E-state index in [4.69, 9.17) is 5.73 Å². The van der Waals surface area contributed by atoms with Crippen molar-refractivity contribution in [2.24, 2.45) is 5.73 Å². The maximum absolute atomic E-state index is 13.6. The third-order valence-electron chi connectivity index (χ3n) is 3.79. The van der Waals surface area contributed by atoms with Crippen molar-refractivity contribution in [3.8, 4) is 0 Å². The van der Waals surface area contributed by atoms with E-state index in [-0.39, 0.29) is 0 Å². The summed E-state index contributed by atoms with van der Waals surface area (Å²) in [6.45, 7) is 0. The molecule has 23 heavy (non-hydrogen) atoms. The molecule has 0 heterocycles. The summed E-state index contributed by atoms with van der Waals surface area (Å²) in [7, 11) is -4.32. The van der Waals surface area contributed by atoms with Crippen molar-refractivity contribution < 1.29 is 30.4 Å². The number of benzene rings is 1. The standard InChI is InChI=1S/C13H15F5N2O2S/c14-9-6(10(15)12(17)13(18)11(9)16)5-23(21,22)20-8-4-2-1-3-7(8)19/h7-8,20H,1-5,19H2. The van der Waals surface area contributed by atoms with Crippen LogP contribution in [0.3, 0.4) is 0 Å². The van der Waals surface area contributed by atoms with E-state index in [1.54, 1.807) is 0 Å². The molecule has 2 atom stereocenters. The molecule has 0 amide bonds. The van der Waals surface area contributed by atoms with Crippen molar-refractivity contribution in [1.82, 2.24) is 4.72 Å². The zero-order chi connectivity index (χ0) is 17.4. The van der Waals surface area contributed by atoms with E-state index < -0.39 is 62.5 Å². The van der Waals surface area contributed by atoms with Crippen LogP contribution in [-0.4, -0.2) is 20.5 Å². The van der Waals surface area contributed by atoms with E-state index in [1.807, 2.05) is 0 Å². The normalized spacial score (nSPS) is 22.3. The first-order chi connectivity index (χ1) is 10.6. The first kappa shape index (κ1) is 18.1. The largest absolute Gasteiger partial charge is 0.326 e. The summed E-state index contributed by atoms with van der Waals surface area (Å²) >= 11 is 0. The monoisotopic (exact) mass is 358 g/mol. The Balaban J connectivity index is 2.27. The Morgan fingerprint density at radius 1 is 0.913 bits per heavy atom. The molecule has 10 heteroatoms. The molecule has 1 aliphatic carbocycles. The maximum Gasteiger partial charge on any atom is 0.216 e. The van der Waals surface area contributed by atoms with E-state index in [9.17, 15) is 30.4 Å². The van der Waals surface area contributed by atoms with Crippen LogP contribution in [0.4, 0.5) is 22.0 Å². The zero-order valence-corrected chi connectivity index (χ0v) is 12.7. The number of hydrogen-bond acceptors (Lipinski definition) is 3. The average Bonchev–Trinajstić information content (AvgIpc) is 2.50. The second kappa shape index (κ2) is 6.70. The molecule has 1 aliphatic rings. The minimum absolute atomic E-state index is 0.442. The zero-order valence-electron chi connectivity index (χ0n) is 11.9. The Kier molecular flexibility index (Phi) is 5.27. The molecule has 4 nitrogen and oxygen atoms in total. The fraction of sp³-hybridized carbons (Fsp3) is 0.538. The van der Waals surface area contributed by atoms with E-state index in [0.29, 0.717) is 12.8 Å². The highest BCUT2D eigenvalue weighted by Gasteiger charge is 2.31. The van der Waals surface area contributed by atoms with Crippen LogP contribution in [0.25, 0.3) is 0 Å². The van der Waals surface area contributed by atoms with Crippen LogP contribution in [0, 0.1) is 29.1 Å². The molecule has 1 fully saturated rings. The van der Waals surface area contributed by atoms with Gasteiger partial charge in [0.25, 0.3) is 0 Å². The van der Waals surface area contributed by atoms with Gasteiger partial charge in [0, 0.05) is 17.6 Å². The van der Waals surface area contributed by atoms with Gasteiger partial charge in [0.2, 0.25) is 15.8 Å². The Bertz CT molecular complexity index is 682. The average molecular weight is 358 g/mol. The van der Waals surface area contributed by atoms with Crippen LogP contribution in [0.5, 0.6) is 0 Å². The minimum Gasteiger partial charge on any atom is -0.326 e. The van der Waals surface area contributed by atoms with Crippen LogP contribution in [0.2, 0.25) is 0 Å².